The van der Waals surface area contributed by atoms with Crippen molar-refractivity contribution in [3.8, 4) is 0 Å². The summed E-state index contributed by atoms with van der Waals surface area (Å²) in [6.45, 7) is 5.64. The SMILES string of the molecule is CCCCc1ccc2c(c1)sc(=NC(=O)c1ccc(S(=O)(=O)N(C)C(C)C)cc1)n2CC(=O)OC. The number of aromatic nitrogens is 1. The Kier molecular flexibility index (Phi) is 8.63. The Labute approximate surface area is 209 Å². The Balaban J connectivity index is 2.00. The highest BCUT2D eigenvalue weighted by atomic mass is 32.2. The van der Waals surface area contributed by atoms with Gasteiger partial charge in [-0.15, -0.1) is 0 Å². The van der Waals surface area contributed by atoms with Crippen molar-refractivity contribution in [2.45, 2.75) is 57.5 Å². The zero-order chi connectivity index (χ0) is 25.8. The van der Waals surface area contributed by atoms with E-state index in [-0.39, 0.29) is 23.0 Å². The van der Waals surface area contributed by atoms with Crippen molar-refractivity contribution < 1.29 is 22.7 Å². The fourth-order valence-electron chi connectivity index (χ4n) is 3.45. The van der Waals surface area contributed by atoms with Gasteiger partial charge in [0.15, 0.2) is 4.80 Å². The summed E-state index contributed by atoms with van der Waals surface area (Å²) in [5.74, 6) is -0.972. The molecular weight excluding hydrogens is 486 g/mol. The highest BCUT2D eigenvalue weighted by molar-refractivity contribution is 7.89. The standard InChI is InChI=1S/C25H31N3O5S2/c1-6-7-8-18-9-14-21-22(15-18)34-25(28(21)16-23(29)33-5)26-24(30)19-10-12-20(13-11-19)35(31,32)27(4)17(2)3/h9-15,17H,6-8,16H2,1-5H3. The third kappa shape index (κ3) is 6.06. The van der Waals surface area contributed by atoms with E-state index in [1.54, 1.807) is 18.4 Å². The second-order valence-corrected chi connectivity index (χ2v) is 11.5. The van der Waals surface area contributed by atoms with Crippen LogP contribution in [0, 0.1) is 0 Å². The zero-order valence-corrected chi connectivity index (χ0v) is 22.3. The number of carbonyl (C=O) groups excluding carboxylic acids is 2. The average Bonchev–Trinajstić information content (AvgIpc) is 3.17. The molecule has 10 heteroatoms. The van der Waals surface area contributed by atoms with E-state index in [4.69, 9.17) is 4.74 Å². The lowest BCUT2D eigenvalue weighted by Crippen LogP contribution is -2.33. The quantitative estimate of drug-likeness (QED) is 0.400. The van der Waals surface area contributed by atoms with Crippen LogP contribution in [0.2, 0.25) is 0 Å². The minimum atomic E-state index is -3.65. The lowest BCUT2D eigenvalue weighted by atomic mass is 10.1. The van der Waals surface area contributed by atoms with Crippen LogP contribution in [-0.4, -0.2) is 49.4 Å². The second kappa shape index (κ2) is 11.3. The Morgan fingerprint density at radius 1 is 1.14 bits per heavy atom. The van der Waals surface area contributed by atoms with Crippen molar-refractivity contribution in [2.24, 2.45) is 4.99 Å². The van der Waals surface area contributed by atoms with Crippen molar-refractivity contribution >= 4 is 43.5 Å². The summed E-state index contributed by atoms with van der Waals surface area (Å²) in [6.07, 6.45) is 3.12. The van der Waals surface area contributed by atoms with Crippen molar-refractivity contribution in [2.75, 3.05) is 14.2 Å². The maximum absolute atomic E-state index is 13.0. The molecule has 0 radical (unpaired) electrons. The maximum Gasteiger partial charge on any atom is 0.325 e. The fraction of sp³-hybridized carbons (Fsp3) is 0.400. The number of hydrogen-bond donors (Lipinski definition) is 0. The number of fused-ring (bicyclic) bond motifs is 1. The van der Waals surface area contributed by atoms with Gasteiger partial charge in [0.25, 0.3) is 5.91 Å². The molecule has 0 aliphatic rings. The molecule has 0 N–H and O–H groups in total. The lowest BCUT2D eigenvalue weighted by Gasteiger charge is -2.20. The van der Waals surface area contributed by atoms with E-state index in [1.807, 2.05) is 12.1 Å². The van der Waals surface area contributed by atoms with Gasteiger partial charge in [-0.3, -0.25) is 9.59 Å². The maximum atomic E-state index is 13.0. The topological polar surface area (TPSA) is 98.0 Å². The van der Waals surface area contributed by atoms with E-state index < -0.39 is 21.9 Å². The summed E-state index contributed by atoms with van der Waals surface area (Å²) >= 11 is 1.33. The van der Waals surface area contributed by atoms with Gasteiger partial charge < -0.3 is 9.30 Å². The first-order valence-electron chi connectivity index (χ1n) is 11.4. The first-order valence-corrected chi connectivity index (χ1v) is 13.7. The van der Waals surface area contributed by atoms with Gasteiger partial charge in [0, 0.05) is 18.7 Å². The summed E-state index contributed by atoms with van der Waals surface area (Å²) in [5.41, 5.74) is 2.24. The number of esters is 1. The second-order valence-electron chi connectivity index (χ2n) is 8.51. The predicted molar refractivity (Wildman–Crippen MR) is 137 cm³/mol. The van der Waals surface area contributed by atoms with Crippen LogP contribution in [0.5, 0.6) is 0 Å². The highest BCUT2D eigenvalue weighted by Crippen LogP contribution is 2.21. The Hall–Kier alpha value is -2.82. The molecule has 0 saturated heterocycles. The summed E-state index contributed by atoms with van der Waals surface area (Å²) in [4.78, 5) is 29.8. The molecule has 2 aromatic carbocycles. The molecule has 0 atom stereocenters. The van der Waals surface area contributed by atoms with Crippen LogP contribution in [0.3, 0.4) is 0 Å². The summed E-state index contributed by atoms with van der Waals surface area (Å²) in [5, 5.41) is 0. The van der Waals surface area contributed by atoms with E-state index in [1.165, 1.54) is 59.6 Å². The van der Waals surface area contributed by atoms with Crippen molar-refractivity contribution in [3.05, 3.63) is 58.4 Å². The molecule has 3 rings (SSSR count). The minimum absolute atomic E-state index is 0.0738. The van der Waals surface area contributed by atoms with Gasteiger partial charge in [0.2, 0.25) is 10.0 Å². The number of hydrogen-bond acceptors (Lipinski definition) is 6. The molecule has 0 spiro atoms. The molecular formula is C25H31N3O5S2. The van der Waals surface area contributed by atoms with Crippen LogP contribution in [0.15, 0.2) is 52.4 Å². The number of thiazole rings is 1. The molecule has 0 unspecified atom stereocenters. The molecule has 8 nitrogen and oxygen atoms in total. The largest absolute Gasteiger partial charge is 0.468 e. The van der Waals surface area contributed by atoms with Crippen LogP contribution in [0.1, 0.15) is 49.5 Å². The number of unbranched alkanes of at least 4 members (excludes halogenated alkanes) is 1. The highest BCUT2D eigenvalue weighted by Gasteiger charge is 2.23. The molecule has 0 fully saturated rings. The van der Waals surface area contributed by atoms with Crippen LogP contribution in [0.25, 0.3) is 10.2 Å². The van der Waals surface area contributed by atoms with Gasteiger partial charge in [-0.1, -0.05) is 30.7 Å². The molecule has 1 heterocycles. The third-order valence-electron chi connectivity index (χ3n) is 5.78. The van der Waals surface area contributed by atoms with Crippen LogP contribution >= 0.6 is 11.3 Å². The average molecular weight is 518 g/mol. The Morgan fingerprint density at radius 2 is 1.83 bits per heavy atom. The number of carbonyl (C=O) groups is 2. The third-order valence-corrected chi connectivity index (χ3v) is 8.87. The number of amides is 1. The fourth-order valence-corrected chi connectivity index (χ4v) is 5.91. The molecule has 0 aliphatic carbocycles. The first kappa shape index (κ1) is 26.8. The lowest BCUT2D eigenvalue weighted by molar-refractivity contribution is -0.141. The molecule has 3 aromatic rings. The minimum Gasteiger partial charge on any atom is -0.468 e. The van der Waals surface area contributed by atoms with Gasteiger partial charge in [0.1, 0.15) is 6.54 Å². The van der Waals surface area contributed by atoms with Crippen molar-refractivity contribution in [1.29, 1.82) is 0 Å². The van der Waals surface area contributed by atoms with E-state index in [9.17, 15) is 18.0 Å². The smallest absolute Gasteiger partial charge is 0.325 e. The van der Waals surface area contributed by atoms with Gasteiger partial charge in [-0.25, -0.2) is 8.42 Å². The van der Waals surface area contributed by atoms with Crippen LogP contribution in [-0.2, 0) is 32.5 Å². The predicted octanol–water partition coefficient (Wildman–Crippen LogP) is 3.99. The first-order chi connectivity index (χ1) is 16.6. The van der Waals surface area contributed by atoms with Crippen LogP contribution < -0.4 is 4.80 Å². The van der Waals surface area contributed by atoms with Gasteiger partial charge >= 0.3 is 5.97 Å². The normalized spacial score (nSPS) is 12.6. The molecule has 35 heavy (non-hydrogen) atoms. The number of nitrogens with zero attached hydrogens (tertiary/aromatic N) is 3. The molecule has 1 aromatic heterocycles. The van der Waals surface area contributed by atoms with Crippen molar-refractivity contribution in [1.82, 2.24) is 8.87 Å². The van der Waals surface area contributed by atoms with Gasteiger partial charge in [-0.05, 0) is 68.7 Å². The van der Waals surface area contributed by atoms with Crippen molar-refractivity contribution in [3.63, 3.8) is 0 Å². The number of benzene rings is 2. The van der Waals surface area contributed by atoms with Gasteiger partial charge in [-0.2, -0.15) is 9.30 Å². The summed E-state index contributed by atoms with van der Waals surface area (Å²) < 4.78 is 34.1. The molecule has 0 aliphatic heterocycles. The monoisotopic (exact) mass is 517 g/mol. The Morgan fingerprint density at radius 3 is 2.43 bits per heavy atom. The van der Waals surface area contributed by atoms with Gasteiger partial charge in [0.05, 0.1) is 22.2 Å². The molecule has 1 amide bonds. The number of methoxy groups -OCH3 is 1. The number of rotatable bonds is 9. The van der Waals surface area contributed by atoms with E-state index >= 15 is 0 Å². The zero-order valence-electron chi connectivity index (χ0n) is 20.6. The number of sulfonamides is 1. The number of aryl methyl sites for hydroxylation is 1. The van der Waals surface area contributed by atoms with E-state index in [2.05, 4.69) is 18.0 Å². The molecule has 0 saturated carbocycles. The molecule has 0 bridgehead atoms. The van der Waals surface area contributed by atoms with E-state index in [0.29, 0.717) is 4.80 Å². The number of ether oxygens (including phenoxy) is 1. The van der Waals surface area contributed by atoms with Crippen LogP contribution in [0.4, 0.5) is 0 Å². The summed E-state index contributed by atoms with van der Waals surface area (Å²) in [7, 11) is -0.821. The van der Waals surface area contributed by atoms with E-state index in [0.717, 1.165) is 29.5 Å². The Bertz CT molecular complexity index is 1390. The summed E-state index contributed by atoms with van der Waals surface area (Å²) in [6, 6.07) is 11.6. The molecule has 188 valence electrons.